The highest BCUT2D eigenvalue weighted by molar-refractivity contribution is 7.98. The summed E-state index contributed by atoms with van der Waals surface area (Å²) < 4.78 is 2.72. The zero-order chi connectivity index (χ0) is 20.3. The van der Waals surface area contributed by atoms with E-state index in [4.69, 9.17) is 0 Å². The maximum Gasteiger partial charge on any atom is 0.268 e. The molecule has 0 aliphatic rings. The minimum Gasteiger partial charge on any atom is -0.309 e. The molecule has 30 heavy (non-hydrogen) atoms. The second-order valence-electron chi connectivity index (χ2n) is 6.67. The highest BCUT2D eigenvalue weighted by Crippen LogP contribution is 2.26. The molecular weight excluding hydrogens is 414 g/mol. The van der Waals surface area contributed by atoms with Crippen LogP contribution in [0.3, 0.4) is 0 Å². The summed E-state index contributed by atoms with van der Waals surface area (Å²) in [4.78, 5) is 19.7. The fraction of sp³-hybridized carbons (Fsp3) is 0.0909. The molecule has 0 saturated heterocycles. The highest BCUT2D eigenvalue weighted by Gasteiger charge is 2.16. The number of fused-ring (bicyclic) bond motifs is 1. The van der Waals surface area contributed by atoms with Crippen LogP contribution in [0.1, 0.15) is 17.2 Å². The largest absolute Gasteiger partial charge is 0.309 e. The van der Waals surface area contributed by atoms with Gasteiger partial charge >= 0.3 is 0 Å². The summed E-state index contributed by atoms with van der Waals surface area (Å²) in [6.07, 6.45) is 0.680. The van der Waals surface area contributed by atoms with Crippen molar-refractivity contribution in [2.45, 2.75) is 17.3 Å². The first-order chi connectivity index (χ1) is 14.8. The number of para-hydroxylation sites is 1. The molecule has 6 nitrogen and oxygen atoms in total. The summed E-state index contributed by atoms with van der Waals surface area (Å²) in [5, 5.41) is 11.5. The van der Waals surface area contributed by atoms with Gasteiger partial charge in [-0.3, -0.25) is 9.36 Å². The Hall–Kier alpha value is -3.23. The molecule has 5 aromatic rings. The van der Waals surface area contributed by atoms with Crippen molar-refractivity contribution in [1.29, 1.82) is 0 Å². The number of aromatic amines is 1. The van der Waals surface area contributed by atoms with Gasteiger partial charge in [-0.15, -0.1) is 21.5 Å². The lowest BCUT2D eigenvalue weighted by Gasteiger charge is -2.10. The van der Waals surface area contributed by atoms with Crippen LogP contribution >= 0.6 is 23.1 Å². The first-order valence-electron chi connectivity index (χ1n) is 9.41. The Balaban J connectivity index is 1.47. The lowest BCUT2D eigenvalue weighted by atomic mass is 10.1. The maximum absolute atomic E-state index is 12.2. The van der Waals surface area contributed by atoms with Gasteiger partial charge in [-0.2, -0.15) is 0 Å². The number of hydrogen-bond donors (Lipinski definition) is 1. The lowest BCUT2D eigenvalue weighted by molar-refractivity contribution is 0.846. The summed E-state index contributed by atoms with van der Waals surface area (Å²) in [7, 11) is 0. The summed E-state index contributed by atoms with van der Waals surface area (Å²) >= 11 is 2.91. The van der Waals surface area contributed by atoms with E-state index in [1.54, 1.807) is 0 Å². The van der Waals surface area contributed by atoms with Gasteiger partial charge in [0.15, 0.2) is 5.16 Å². The van der Waals surface area contributed by atoms with Crippen molar-refractivity contribution >= 4 is 33.3 Å². The predicted molar refractivity (Wildman–Crippen MR) is 120 cm³/mol. The number of benzene rings is 2. The molecule has 8 heteroatoms. The molecule has 0 fully saturated rings. The Morgan fingerprint density at radius 3 is 2.53 bits per heavy atom. The van der Waals surface area contributed by atoms with Gasteiger partial charge in [0.25, 0.3) is 5.56 Å². The second-order valence-corrected chi connectivity index (χ2v) is 8.53. The Morgan fingerprint density at radius 1 is 0.967 bits per heavy atom. The van der Waals surface area contributed by atoms with Crippen molar-refractivity contribution in [2.75, 3.05) is 0 Å². The first kappa shape index (κ1) is 18.8. The third-order valence-electron chi connectivity index (χ3n) is 4.62. The lowest BCUT2D eigenvalue weighted by Crippen LogP contribution is -2.10. The monoisotopic (exact) mass is 431 g/mol. The molecule has 0 aliphatic heterocycles. The number of nitrogens with zero attached hydrogens (tertiary/aromatic N) is 4. The average Bonchev–Trinajstić information content (AvgIpc) is 3.41. The molecule has 0 amide bonds. The molecular formula is C22H17N5OS2. The number of H-pyrrole nitrogens is 1. The van der Waals surface area contributed by atoms with Gasteiger partial charge in [-0.25, -0.2) is 4.98 Å². The third-order valence-corrected chi connectivity index (χ3v) is 6.46. The van der Waals surface area contributed by atoms with Gasteiger partial charge in [0.1, 0.15) is 16.3 Å². The zero-order valence-corrected chi connectivity index (χ0v) is 17.5. The molecule has 0 radical (unpaired) electrons. The smallest absolute Gasteiger partial charge is 0.268 e. The summed E-state index contributed by atoms with van der Waals surface area (Å²) in [6, 6.07) is 22.2. The fourth-order valence-corrected chi connectivity index (χ4v) is 4.81. The predicted octanol–water partition coefficient (Wildman–Crippen LogP) is 4.45. The molecule has 1 N–H and O–H groups in total. The van der Waals surface area contributed by atoms with Gasteiger partial charge in [-0.1, -0.05) is 60.3 Å². The Labute approximate surface area is 180 Å². The van der Waals surface area contributed by atoms with E-state index in [2.05, 4.69) is 36.9 Å². The van der Waals surface area contributed by atoms with E-state index in [9.17, 15) is 4.79 Å². The van der Waals surface area contributed by atoms with Crippen molar-refractivity contribution in [2.24, 2.45) is 0 Å². The molecule has 0 aliphatic carbocycles. The Kier molecular flexibility index (Phi) is 5.17. The summed E-state index contributed by atoms with van der Waals surface area (Å²) in [5.41, 5.74) is 2.81. The SMILES string of the molecule is O=c1[nH]c(CSc2nnc(Cc3ccccc3)n2-c2ccccc2)nc2ccsc12. The van der Waals surface area contributed by atoms with Crippen LogP contribution in [-0.4, -0.2) is 24.7 Å². The fourth-order valence-electron chi connectivity index (χ4n) is 3.25. The number of rotatable bonds is 6. The highest BCUT2D eigenvalue weighted by atomic mass is 32.2. The van der Waals surface area contributed by atoms with Crippen LogP contribution in [0.15, 0.2) is 82.1 Å². The van der Waals surface area contributed by atoms with E-state index in [-0.39, 0.29) is 5.56 Å². The molecule has 0 spiro atoms. The van der Waals surface area contributed by atoms with Crippen LogP contribution < -0.4 is 5.56 Å². The van der Waals surface area contributed by atoms with E-state index in [1.807, 2.05) is 60.0 Å². The normalized spacial score (nSPS) is 11.2. The molecule has 3 heterocycles. The van der Waals surface area contributed by atoms with Crippen LogP contribution in [0.2, 0.25) is 0 Å². The van der Waals surface area contributed by atoms with Crippen molar-refractivity contribution in [3.63, 3.8) is 0 Å². The van der Waals surface area contributed by atoms with Gasteiger partial charge in [0.05, 0.1) is 11.3 Å². The van der Waals surface area contributed by atoms with Crippen LogP contribution in [-0.2, 0) is 12.2 Å². The van der Waals surface area contributed by atoms with Gasteiger partial charge in [0, 0.05) is 12.1 Å². The summed E-state index contributed by atoms with van der Waals surface area (Å²) in [6.45, 7) is 0. The quantitative estimate of drug-likeness (QED) is 0.402. The van der Waals surface area contributed by atoms with Crippen LogP contribution in [0.5, 0.6) is 0 Å². The van der Waals surface area contributed by atoms with Gasteiger partial charge in [0.2, 0.25) is 0 Å². The van der Waals surface area contributed by atoms with Crippen molar-refractivity contribution in [3.8, 4) is 5.69 Å². The Bertz CT molecular complexity index is 1340. The minimum absolute atomic E-state index is 0.0973. The van der Waals surface area contributed by atoms with Crippen LogP contribution in [0.25, 0.3) is 15.9 Å². The van der Waals surface area contributed by atoms with Gasteiger partial charge in [-0.05, 0) is 29.1 Å². The molecule has 5 rings (SSSR count). The molecule has 0 atom stereocenters. The minimum atomic E-state index is -0.0973. The topological polar surface area (TPSA) is 76.5 Å². The number of hydrogen-bond acceptors (Lipinski definition) is 6. The van der Waals surface area contributed by atoms with Crippen molar-refractivity contribution in [1.82, 2.24) is 24.7 Å². The number of nitrogens with one attached hydrogen (secondary N) is 1. The first-order valence-corrected chi connectivity index (χ1v) is 11.3. The maximum atomic E-state index is 12.2. The van der Waals surface area contributed by atoms with Crippen molar-refractivity contribution in [3.05, 3.63) is 99.7 Å². The second kappa shape index (κ2) is 8.25. The summed E-state index contributed by atoms with van der Waals surface area (Å²) in [5.74, 6) is 1.99. The van der Waals surface area contributed by atoms with E-state index in [0.29, 0.717) is 22.7 Å². The molecule has 2 aromatic carbocycles. The zero-order valence-electron chi connectivity index (χ0n) is 15.9. The number of thiophene rings is 1. The van der Waals surface area contributed by atoms with Crippen molar-refractivity contribution < 1.29 is 0 Å². The third kappa shape index (κ3) is 3.79. The number of aromatic nitrogens is 5. The molecule has 3 aromatic heterocycles. The molecule has 0 unspecified atom stereocenters. The van der Waals surface area contributed by atoms with E-state index in [1.165, 1.54) is 28.7 Å². The molecule has 0 saturated carbocycles. The average molecular weight is 432 g/mol. The van der Waals surface area contributed by atoms with E-state index < -0.39 is 0 Å². The standard InChI is InChI=1S/C22H17N5OS2/c28-21-20-17(11-12-29-20)23-18(24-21)14-30-22-26-25-19(13-15-7-3-1-4-8-15)27(22)16-9-5-2-6-10-16/h1-12H,13-14H2,(H,23,24,28). The van der Waals surface area contributed by atoms with Gasteiger partial charge < -0.3 is 4.98 Å². The number of thioether (sulfide) groups is 1. The van der Waals surface area contributed by atoms with Crippen LogP contribution in [0, 0.1) is 0 Å². The van der Waals surface area contributed by atoms with E-state index in [0.717, 1.165) is 22.2 Å². The molecule has 148 valence electrons. The Morgan fingerprint density at radius 2 is 1.73 bits per heavy atom. The van der Waals surface area contributed by atoms with E-state index >= 15 is 0 Å². The van der Waals surface area contributed by atoms with Crippen LogP contribution in [0.4, 0.5) is 0 Å². The molecule has 0 bridgehead atoms.